The van der Waals surface area contributed by atoms with Gasteiger partial charge in [0.1, 0.15) is 34.5 Å². The van der Waals surface area contributed by atoms with Crippen LogP contribution in [0.3, 0.4) is 0 Å². The monoisotopic (exact) mass is 2020 g/mol. The van der Waals surface area contributed by atoms with Crippen LogP contribution in [0.2, 0.25) is 20.1 Å². The zero-order valence-electron chi connectivity index (χ0n) is 66.8. The number of hydrazone groups is 2. The molecule has 656 valence electrons. The van der Waals surface area contributed by atoms with E-state index in [-0.39, 0.29) is 127 Å². The number of rotatable bonds is 20. The molecule has 2 heterocycles. The molecule has 0 aliphatic heterocycles. The van der Waals surface area contributed by atoms with E-state index in [9.17, 15) is 48.6 Å². The number of nitrogens with zero attached hydrogens (tertiary/aromatic N) is 6. The third kappa shape index (κ3) is 39.3. The number of nitrogens with one attached hydrogen (secondary N) is 1. The van der Waals surface area contributed by atoms with Crippen molar-refractivity contribution in [2.24, 2.45) is 16.0 Å². The molecule has 0 spiro atoms. The zero-order valence-corrected chi connectivity index (χ0v) is 76.8. The van der Waals surface area contributed by atoms with E-state index in [0.717, 1.165) is 29.1 Å². The van der Waals surface area contributed by atoms with Crippen molar-refractivity contribution in [3.8, 4) is 28.7 Å². The standard InChI is InChI=1S/C19H16ClNO4.C18H14ClNO4.C16H15ClN2O2.C14H13ClN2O2.C9H12N2O.C5H8O3.C2H4O2.CHClO.CH4.Ar.BBr3.ClH/c1-11-15(10-18(22)23)16-9-14(25-2)6-7-17(16)21(11)19(24)12-4-3-5-13(20)8-12;1-10-14(9-17(22)23)15-8-13(21)5-6-16(15)20(10)18(24)11-3-2-4-12(19)7-11;1-3-18-19(14-7-9-15(21-2)10-8-14)16(20)12-5-4-6-13(17)11-12;1-19-13-7-5-12(6-8-13)17(16)14(18)10-3-2-4-11(15)9-10;1-3-10-11-8-4-6-9(12-2)7-5-8;1-4(6)2-3-5(7)8;1-2(3)4;2-1-3;;;2-1(3)4;/h3-9H,10H2,1-2H3,(H,22,23);2-8,21H,9H2,1H3,(H,22,23);3-11H,1-2H3;2-9H,16H2,1H3;3-7,11H,1-2H3;2-3H2,1H3,(H,7,8);1H3,(H,3,4);1H;1H4;;;1H/b;;18-3+;;10-3+;;;;;;;. The molecule has 0 atom stereocenters. The van der Waals surface area contributed by atoms with Gasteiger partial charge in [0.15, 0.2) is 0 Å². The second kappa shape index (κ2) is 59.9. The number of benzene rings is 9. The predicted molar refractivity (Wildman–Crippen MR) is 498 cm³/mol. The van der Waals surface area contributed by atoms with E-state index >= 15 is 0 Å². The van der Waals surface area contributed by atoms with Crippen molar-refractivity contribution in [2.75, 3.05) is 43.9 Å². The van der Waals surface area contributed by atoms with E-state index in [1.54, 1.807) is 231 Å². The van der Waals surface area contributed by atoms with Gasteiger partial charge in [-0.2, -0.15) is 15.2 Å². The number of phenolic OH excluding ortho intramolecular Hbond substituents is 1. The fourth-order valence-corrected chi connectivity index (χ4v) is 11.1. The molecular formula is C85H88ArBBr3Cl6N8O19. The average molecular weight is 2030 g/mol. The molecular weight excluding hydrogens is 1940 g/mol. The normalized spacial score (nSPS) is 9.78. The molecule has 0 aliphatic rings. The van der Waals surface area contributed by atoms with Crippen molar-refractivity contribution in [2.45, 2.75) is 74.7 Å². The molecule has 123 heavy (non-hydrogen) atoms. The number of hydrogen-bond donors (Lipinski definition) is 7. The molecule has 2 aromatic heterocycles. The van der Waals surface area contributed by atoms with Crippen LogP contribution in [0.4, 0.5) is 17.1 Å². The van der Waals surface area contributed by atoms with Crippen molar-refractivity contribution in [1.82, 2.24) is 9.13 Å². The minimum Gasteiger partial charge on any atom is -0.508 e. The van der Waals surface area contributed by atoms with Gasteiger partial charge < -0.3 is 49.3 Å². The number of aliphatic carboxylic acids is 4. The number of ether oxygens (including phenoxy) is 4. The third-order valence-electron chi connectivity index (χ3n) is 15.6. The van der Waals surface area contributed by atoms with E-state index in [4.69, 9.17) is 96.1 Å². The Morgan fingerprint density at radius 3 is 1.19 bits per heavy atom. The second-order valence-electron chi connectivity index (χ2n) is 23.9. The Bertz CT molecular complexity index is 5350. The Morgan fingerprint density at radius 1 is 0.504 bits per heavy atom. The van der Waals surface area contributed by atoms with E-state index in [0.29, 0.717) is 110 Å². The molecule has 11 rings (SSSR count). The number of carboxylic acids is 4. The minimum absolute atomic E-state index is 0. The van der Waals surface area contributed by atoms with Crippen LogP contribution in [-0.4, -0.2) is 138 Å². The smallest absolute Gasteiger partial charge is 0.369 e. The summed E-state index contributed by atoms with van der Waals surface area (Å²) < 4.78 is 23.7. The van der Waals surface area contributed by atoms with Crippen molar-refractivity contribution in [3.05, 3.63) is 271 Å². The molecule has 0 radical (unpaired) electrons. The number of aromatic nitrogens is 2. The van der Waals surface area contributed by atoms with Gasteiger partial charge in [0.05, 0.1) is 75.8 Å². The van der Waals surface area contributed by atoms with Gasteiger partial charge in [-0.05, 0) is 239 Å². The summed E-state index contributed by atoms with van der Waals surface area (Å²) in [5.74, 6) is 3.99. The van der Waals surface area contributed by atoms with E-state index in [1.807, 2.05) is 31.2 Å². The summed E-state index contributed by atoms with van der Waals surface area (Å²) in [7, 11) is 6.35. The van der Waals surface area contributed by atoms with Gasteiger partial charge in [-0.25, -0.2) is 10.9 Å². The molecule has 8 N–H and O–H groups in total. The van der Waals surface area contributed by atoms with Gasteiger partial charge in [0, 0.05) is 128 Å². The largest absolute Gasteiger partial charge is 0.508 e. The van der Waals surface area contributed by atoms with Crippen LogP contribution in [0.25, 0.3) is 21.8 Å². The number of hydrogen-bond acceptors (Lipinski definition) is 19. The first-order chi connectivity index (χ1) is 56.9. The van der Waals surface area contributed by atoms with Crippen LogP contribution in [0.1, 0.15) is 112 Å². The topological polar surface area (TPSA) is 388 Å². The number of phenols is 1. The number of aromatic hydroxyl groups is 1. The van der Waals surface area contributed by atoms with Crippen LogP contribution in [0, 0.1) is 51.6 Å². The Hall–Kier alpha value is -9.84. The SMILES string of the molecule is BrB(Br)Br.C.C/C=N/N(C(=O)c1cccc(Cl)c1)c1ccc(OC)cc1.C/C=N/Nc1ccc(OC)cc1.CC(=O)CCC(=O)O.CC(=O)O.COc1ccc(N(N)C(=O)c2cccc(Cl)c2)cc1.COc1ccc2c(c1)c(CC(=O)O)c(C)n2C(=O)c1cccc(Cl)c1.Cc1c(CC(=O)O)c2cc(O)ccc2n1C(=O)c1cccc(Cl)c1.Cl.O=CCl.[Ar]. The summed E-state index contributed by atoms with van der Waals surface area (Å²) in [5.41, 5.74) is 10.2. The summed E-state index contributed by atoms with van der Waals surface area (Å²) in [6, 6.07) is 58.0. The zero-order chi connectivity index (χ0) is 89.9. The Kier molecular flexibility index (Phi) is 55.1. The first kappa shape index (κ1) is 113. The number of nitrogens with two attached hydrogens (primary N) is 1. The molecule has 0 bridgehead atoms. The van der Waals surface area contributed by atoms with Crippen molar-refractivity contribution >= 4 is 231 Å². The quantitative estimate of drug-likeness (QED) is 0.00708. The number of anilines is 3. The molecule has 11 aromatic rings. The van der Waals surface area contributed by atoms with Crippen LogP contribution < -0.4 is 40.2 Å². The van der Waals surface area contributed by atoms with Crippen molar-refractivity contribution < 1.29 is 130 Å². The first-order valence-electron chi connectivity index (χ1n) is 35.0. The number of fused-ring (bicyclic) bond motifs is 2. The number of Topliss-reactive ketones (excluding diaryl/α,β-unsaturated/α-hetero) is 1. The van der Waals surface area contributed by atoms with E-state index in [1.165, 1.54) is 33.2 Å². The van der Waals surface area contributed by atoms with Gasteiger partial charge in [-0.3, -0.25) is 57.7 Å². The number of amides is 2. The van der Waals surface area contributed by atoms with Gasteiger partial charge in [-0.1, -0.05) is 78.1 Å². The summed E-state index contributed by atoms with van der Waals surface area (Å²) in [5, 5.41) is 57.1. The van der Waals surface area contributed by atoms with Gasteiger partial charge in [0.2, 0.25) is 5.75 Å². The molecule has 0 unspecified atom stereocenters. The Morgan fingerprint density at radius 2 is 0.846 bits per heavy atom. The first-order valence-corrected chi connectivity index (χ1v) is 39.7. The average Bonchev–Trinajstić information content (AvgIpc) is 1.62. The summed E-state index contributed by atoms with van der Waals surface area (Å²) >= 11 is 37.4. The predicted octanol–water partition coefficient (Wildman–Crippen LogP) is 20.7. The second-order valence-corrected chi connectivity index (χ2v) is 32.3. The molecule has 27 nitrogen and oxygen atoms in total. The number of carbonyl (C=O) groups excluding carboxylic acids is 6. The van der Waals surface area contributed by atoms with Crippen LogP contribution in [-0.2, 0) is 41.6 Å². The van der Waals surface area contributed by atoms with Crippen LogP contribution in [0.15, 0.2) is 216 Å². The van der Waals surface area contributed by atoms with E-state index in [2.05, 4.69) is 74.5 Å². The molecule has 9 aromatic carbocycles. The molecule has 2 amide bonds. The number of carbonyl (C=O) groups is 10. The van der Waals surface area contributed by atoms with Gasteiger partial charge in [0.25, 0.3) is 29.6 Å². The van der Waals surface area contributed by atoms with Crippen molar-refractivity contribution in [3.63, 3.8) is 0 Å². The number of methoxy groups -OCH3 is 4. The van der Waals surface area contributed by atoms with Crippen LogP contribution >= 0.6 is 118 Å². The van der Waals surface area contributed by atoms with E-state index < -0.39 is 23.9 Å². The fraction of sp³-hybridized carbons (Fsp3) is 0.176. The molecule has 0 fully saturated rings. The van der Waals surface area contributed by atoms with Gasteiger partial charge in [-0.15, -0.1) is 59.7 Å². The fourth-order valence-electron chi connectivity index (χ4n) is 10.4. The van der Waals surface area contributed by atoms with Crippen molar-refractivity contribution in [1.29, 1.82) is 0 Å². The minimum atomic E-state index is -1.00. The summed E-state index contributed by atoms with van der Waals surface area (Å²) in [6.07, 6.45) is 2.95. The number of ketones is 1. The third-order valence-corrected chi connectivity index (χ3v) is 16.6. The number of carboxylic acid groups (broad SMARTS) is 4. The Labute approximate surface area is 797 Å². The maximum atomic E-state index is 13.0. The Balaban J connectivity index is 0.00000144. The number of halogens is 9. The molecule has 0 saturated carbocycles. The van der Waals surface area contributed by atoms with Crippen LogP contribution in [0.5, 0.6) is 28.7 Å². The molecule has 0 saturated heterocycles. The summed E-state index contributed by atoms with van der Waals surface area (Å²) in [4.78, 5) is 110. The molecule has 38 heteroatoms. The maximum Gasteiger partial charge on any atom is 0.369 e. The molecule has 0 aliphatic carbocycles. The van der Waals surface area contributed by atoms with Gasteiger partial charge >= 0.3 is 21.1 Å². The maximum absolute atomic E-state index is 13.0. The summed E-state index contributed by atoms with van der Waals surface area (Å²) in [6.45, 7) is 9.51. The number of hydrazine groups is 1.